The molecule has 57 heavy (non-hydrogen) atoms. The molecular formula is C55H41N2+. The van der Waals surface area contributed by atoms with Crippen molar-refractivity contribution in [3.63, 3.8) is 0 Å². The molecule has 0 radical (unpaired) electrons. The molecule has 0 fully saturated rings. The largest absolute Gasteiger partial charge is 0.310 e. The van der Waals surface area contributed by atoms with Crippen LogP contribution in [0.3, 0.4) is 0 Å². The normalized spacial score (nSPS) is 14.1. The van der Waals surface area contributed by atoms with Crippen molar-refractivity contribution in [2.75, 3.05) is 4.90 Å². The van der Waals surface area contributed by atoms with Gasteiger partial charge in [-0.1, -0.05) is 141 Å². The molecule has 2 heteroatoms. The number of anilines is 3. The lowest BCUT2D eigenvalue weighted by Crippen LogP contribution is -2.31. The fourth-order valence-electron chi connectivity index (χ4n) is 9.77. The molecule has 1 aliphatic heterocycles. The number of hydrogen-bond donors (Lipinski definition) is 0. The van der Waals surface area contributed by atoms with Crippen LogP contribution in [0.15, 0.2) is 212 Å². The topological polar surface area (TPSA) is 3.24 Å². The minimum atomic E-state index is -0.0708. The highest BCUT2D eigenvalue weighted by Crippen LogP contribution is 2.63. The maximum atomic E-state index is 2.46. The zero-order valence-electron chi connectivity index (χ0n) is 32.1. The van der Waals surface area contributed by atoms with E-state index in [0.29, 0.717) is 4.48 Å². The van der Waals surface area contributed by atoms with E-state index in [-0.39, 0.29) is 5.41 Å². The molecule has 0 N–H and O–H groups in total. The summed E-state index contributed by atoms with van der Waals surface area (Å²) in [6.07, 6.45) is 0. The Bertz CT molecular complexity index is 2940. The van der Waals surface area contributed by atoms with Crippen molar-refractivity contribution >= 4 is 50.6 Å². The molecule has 1 aliphatic carbocycles. The van der Waals surface area contributed by atoms with Gasteiger partial charge in [0.2, 0.25) is 0 Å². The zero-order chi connectivity index (χ0) is 38.1. The van der Waals surface area contributed by atoms with E-state index in [1.54, 1.807) is 0 Å². The second kappa shape index (κ2) is 12.8. The molecule has 0 bridgehead atoms. The first-order chi connectivity index (χ1) is 28.0. The summed E-state index contributed by atoms with van der Waals surface area (Å²) < 4.78 is 0.479. The third-order valence-electron chi connectivity index (χ3n) is 12.5. The maximum absolute atomic E-state index is 2.46. The molecular weight excluding hydrogens is 689 g/mol. The molecule has 9 aromatic carbocycles. The summed E-state index contributed by atoms with van der Waals surface area (Å²) in [5.74, 6) is 0. The van der Waals surface area contributed by atoms with E-state index in [9.17, 15) is 0 Å². The Morgan fingerprint density at radius 2 is 0.930 bits per heavy atom. The first-order valence-electron chi connectivity index (χ1n) is 19.9. The van der Waals surface area contributed by atoms with Crippen LogP contribution in [-0.4, -0.2) is 0 Å². The molecule has 2 aliphatic rings. The summed E-state index contributed by atoms with van der Waals surface area (Å²) in [5.41, 5.74) is 18.5. The maximum Gasteiger partial charge on any atom is 0.158 e. The van der Waals surface area contributed by atoms with Gasteiger partial charge >= 0.3 is 0 Å². The summed E-state index contributed by atoms with van der Waals surface area (Å²) >= 11 is 0. The van der Waals surface area contributed by atoms with E-state index >= 15 is 0 Å². The van der Waals surface area contributed by atoms with E-state index in [1.165, 1.54) is 78.0 Å². The first-order valence-corrected chi connectivity index (χ1v) is 19.9. The Labute approximate surface area is 334 Å². The number of para-hydroxylation sites is 2. The van der Waals surface area contributed by atoms with Crippen LogP contribution in [0.1, 0.15) is 25.0 Å². The highest BCUT2D eigenvalue weighted by atomic mass is 15.4. The Kier molecular flexibility index (Phi) is 7.47. The molecule has 11 rings (SSSR count). The van der Waals surface area contributed by atoms with Gasteiger partial charge in [-0.3, -0.25) is 0 Å². The molecule has 270 valence electrons. The monoisotopic (exact) mass is 729 g/mol. The van der Waals surface area contributed by atoms with Crippen LogP contribution in [-0.2, 0) is 5.41 Å². The van der Waals surface area contributed by atoms with Gasteiger partial charge < -0.3 is 4.90 Å². The zero-order valence-corrected chi connectivity index (χ0v) is 32.1. The van der Waals surface area contributed by atoms with E-state index < -0.39 is 0 Å². The molecule has 0 spiro atoms. The van der Waals surface area contributed by atoms with Gasteiger partial charge in [0.05, 0.1) is 16.8 Å². The molecule has 0 saturated carbocycles. The molecule has 0 atom stereocenters. The lowest BCUT2D eigenvalue weighted by molar-refractivity contribution is 0.660. The predicted molar refractivity (Wildman–Crippen MR) is 241 cm³/mol. The SMILES string of the molecule is CC1(C)c2ccccc2-c2cc(N(c3ccc4c(c3)[N+](c3ccccc3)(c3ccccc3)c3ccc(-c5ccccc5)cc3-4)c3ccc4ccccc4c3)ccc21. The number of nitrogens with zero attached hydrogens (tertiary/aromatic N) is 2. The fraction of sp³-hybridized carbons (Fsp3) is 0.0545. The second-order valence-corrected chi connectivity index (χ2v) is 15.9. The molecule has 2 nitrogen and oxygen atoms in total. The van der Waals surface area contributed by atoms with Crippen molar-refractivity contribution in [3.8, 4) is 33.4 Å². The Morgan fingerprint density at radius 3 is 1.68 bits per heavy atom. The first kappa shape index (κ1) is 33.3. The summed E-state index contributed by atoms with van der Waals surface area (Å²) in [7, 11) is 0. The van der Waals surface area contributed by atoms with Crippen LogP contribution in [0.5, 0.6) is 0 Å². The third kappa shape index (κ3) is 5.01. The summed E-state index contributed by atoms with van der Waals surface area (Å²) in [6, 6.07) is 78.5. The van der Waals surface area contributed by atoms with E-state index in [4.69, 9.17) is 0 Å². The van der Waals surface area contributed by atoms with Crippen LogP contribution < -0.4 is 9.38 Å². The number of benzene rings is 9. The number of quaternary nitrogens is 1. The minimum absolute atomic E-state index is 0.0708. The van der Waals surface area contributed by atoms with Gasteiger partial charge in [0, 0.05) is 53.2 Å². The van der Waals surface area contributed by atoms with Gasteiger partial charge in [-0.05, 0) is 92.7 Å². The standard InChI is InChI=1S/C55H41N2/c1-55(2)51-25-15-14-24-47(51)49-36-43(30-32-52(49)55)56(42-28-26-39-18-12-13-19-40(39)34-42)44-29-31-48-50-35-41(38-16-6-3-7-17-38)27-33-53(50)57(54(48)37-44,45-20-8-4-9-21-45)46-22-10-5-11-23-46/h3-37H,1-2H3/q+1. The Hall–Kier alpha value is -7.00. The van der Waals surface area contributed by atoms with Gasteiger partial charge in [0.1, 0.15) is 11.4 Å². The average Bonchev–Trinajstić information content (AvgIpc) is 3.69. The summed E-state index contributed by atoms with van der Waals surface area (Å²) in [4.78, 5) is 2.46. The van der Waals surface area contributed by atoms with Crippen LogP contribution in [0.2, 0.25) is 0 Å². The van der Waals surface area contributed by atoms with Gasteiger partial charge in [-0.25, -0.2) is 0 Å². The van der Waals surface area contributed by atoms with Crippen molar-refractivity contribution in [2.24, 2.45) is 0 Å². The molecule has 0 aromatic heterocycles. The van der Waals surface area contributed by atoms with Crippen LogP contribution in [0, 0.1) is 0 Å². The number of rotatable bonds is 6. The van der Waals surface area contributed by atoms with Crippen LogP contribution in [0.25, 0.3) is 44.2 Å². The lowest BCUT2D eigenvalue weighted by atomic mass is 9.82. The van der Waals surface area contributed by atoms with Gasteiger partial charge in [-0.2, -0.15) is 4.48 Å². The summed E-state index contributed by atoms with van der Waals surface area (Å²) in [6.45, 7) is 4.70. The predicted octanol–water partition coefficient (Wildman–Crippen LogP) is 15.6. The highest BCUT2D eigenvalue weighted by Gasteiger charge is 2.48. The lowest BCUT2D eigenvalue weighted by Gasteiger charge is -2.35. The second-order valence-electron chi connectivity index (χ2n) is 15.9. The molecule has 0 amide bonds. The van der Waals surface area contributed by atoms with E-state index in [0.717, 1.165) is 17.1 Å². The molecule has 9 aromatic rings. The smallest absolute Gasteiger partial charge is 0.158 e. The van der Waals surface area contributed by atoms with Gasteiger partial charge in [0.15, 0.2) is 11.4 Å². The number of fused-ring (bicyclic) bond motifs is 7. The Balaban J connectivity index is 1.19. The average molecular weight is 730 g/mol. The summed E-state index contributed by atoms with van der Waals surface area (Å²) in [5, 5.41) is 2.45. The van der Waals surface area contributed by atoms with Crippen molar-refractivity contribution in [2.45, 2.75) is 19.3 Å². The van der Waals surface area contributed by atoms with Gasteiger partial charge in [-0.15, -0.1) is 0 Å². The molecule has 0 unspecified atom stereocenters. The quantitative estimate of drug-likeness (QED) is 0.154. The number of hydrogen-bond acceptors (Lipinski definition) is 1. The van der Waals surface area contributed by atoms with E-state index in [1.807, 2.05) is 0 Å². The van der Waals surface area contributed by atoms with Crippen LogP contribution >= 0.6 is 0 Å². The van der Waals surface area contributed by atoms with Crippen molar-refractivity contribution in [3.05, 3.63) is 223 Å². The van der Waals surface area contributed by atoms with Crippen molar-refractivity contribution in [1.82, 2.24) is 4.48 Å². The van der Waals surface area contributed by atoms with Crippen molar-refractivity contribution in [1.29, 1.82) is 0 Å². The van der Waals surface area contributed by atoms with E-state index in [2.05, 4.69) is 231 Å². The molecule has 0 saturated heterocycles. The molecule has 1 heterocycles. The third-order valence-corrected chi connectivity index (χ3v) is 12.5. The highest BCUT2D eigenvalue weighted by molar-refractivity contribution is 6.05. The Morgan fingerprint density at radius 1 is 0.351 bits per heavy atom. The van der Waals surface area contributed by atoms with Crippen LogP contribution in [0.4, 0.5) is 39.8 Å². The van der Waals surface area contributed by atoms with Gasteiger partial charge in [0.25, 0.3) is 0 Å². The van der Waals surface area contributed by atoms with Crippen molar-refractivity contribution < 1.29 is 0 Å². The minimum Gasteiger partial charge on any atom is -0.310 e. The fourth-order valence-corrected chi connectivity index (χ4v) is 9.77.